The minimum Gasteiger partial charge on any atom is -0.355 e. The van der Waals surface area contributed by atoms with Gasteiger partial charge in [0.1, 0.15) is 4.21 Å². The molecule has 0 fully saturated rings. The number of rotatable bonds is 8. The van der Waals surface area contributed by atoms with Crippen molar-refractivity contribution in [2.75, 3.05) is 20.1 Å². The number of amides is 1. The smallest absolute Gasteiger partial charge is 0.250 e. The van der Waals surface area contributed by atoms with Gasteiger partial charge in [-0.25, -0.2) is 13.1 Å². The van der Waals surface area contributed by atoms with Crippen molar-refractivity contribution in [2.24, 2.45) is 5.41 Å². The Hall–Kier alpha value is -0.670. The van der Waals surface area contributed by atoms with Crippen LogP contribution in [-0.4, -0.2) is 40.5 Å². The highest BCUT2D eigenvalue weighted by atomic mass is 35.5. The lowest BCUT2D eigenvalue weighted by Crippen LogP contribution is -2.36. The molecule has 0 aromatic carbocycles. The highest BCUT2D eigenvalue weighted by Gasteiger charge is 2.21. The lowest BCUT2D eigenvalue weighted by molar-refractivity contribution is -0.128. The quantitative estimate of drug-likeness (QED) is 0.623. The summed E-state index contributed by atoms with van der Waals surface area (Å²) < 4.78 is 27.2. The molecule has 6 nitrogen and oxygen atoms in total. The first-order valence-electron chi connectivity index (χ1n) is 7.60. The predicted molar refractivity (Wildman–Crippen MR) is 101 cm³/mol. The van der Waals surface area contributed by atoms with Gasteiger partial charge in [0, 0.05) is 29.4 Å². The Balaban J connectivity index is 0.00000529. The van der Waals surface area contributed by atoms with E-state index in [-0.39, 0.29) is 24.4 Å². The summed E-state index contributed by atoms with van der Waals surface area (Å²) in [7, 11) is -1.68. The Morgan fingerprint density at radius 3 is 2.46 bits per heavy atom. The van der Waals surface area contributed by atoms with E-state index in [0.29, 0.717) is 23.7 Å². The molecule has 24 heavy (non-hydrogen) atoms. The van der Waals surface area contributed by atoms with Crippen molar-refractivity contribution in [3.63, 3.8) is 0 Å². The molecule has 1 amide bonds. The fourth-order valence-corrected chi connectivity index (χ4v) is 4.14. The van der Waals surface area contributed by atoms with E-state index in [1.807, 2.05) is 27.7 Å². The monoisotopic (exact) mass is 397 g/mol. The average molecular weight is 398 g/mol. The number of nitrogens with one attached hydrogen (secondary N) is 3. The molecule has 0 aliphatic carbocycles. The van der Waals surface area contributed by atoms with Gasteiger partial charge in [-0.3, -0.25) is 4.79 Å². The molecule has 1 aromatic rings. The highest BCUT2D eigenvalue weighted by Crippen LogP contribution is 2.22. The maximum atomic E-state index is 12.2. The number of carbonyl (C=O) groups is 1. The van der Waals surface area contributed by atoms with Crippen molar-refractivity contribution in [1.29, 1.82) is 0 Å². The molecule has 0 saturated carbocycles. The summed E-state index contributed by atoms with van der Waals surface area (Å²) in [4.78, 5) is 12.7. The fourth-order valence-electron chi connectivity index (χ4n) is 1.61. The number of carbonyl (C=O) groups excluding carboxylic acids is 1. The van der Waals surface area contributed by atoms with Crippen molar-refractivity contribution in [1.82, 2.24) is 15.4 Å². The van der Waals surface area contributed by atoms with Crippen LogP contribution < -0.4 is 15.4 Å². The number of likely N-dealkylation sites (N-methyl/N-ethyl adjacent to an activating group) is 1. The lowest BCUT2D eigenvalue weighted by Gasteiger charge is -2.17. The van der Waals surface area contributed by atoms with Crippen molar-refractivity contribution in [3.05, 3.63) is 17.0 Å². The van der Waals surface area contributed by atoms with Crippen LogP contribution in [0.5, 0.6) is 0 Å². The fraction of sp³-hybridized carbons (Fsp3) is 0.667. The first-order chi connectivity index (χ1) is 10.6. The van der Waals surface area contributed by atoms with E-state index in [9.17, 15) is 13.2 Å². The molecule has 0 bridgehead atoms. The normalized spacial score (nSPS) is 13.2. The molecule has 1 unspecified atom stereocenters. The number of hydrogen-bond donors (Lipinski definition) is 3. The van der Waals surface area contributed by atoms with Gasteiger partial charge in [0.2, 0.25) is 15.9 Å². The number of halogens is 1. The van der Waals surface area contributed by atoms with Crippen LogP contribution in [0.2, 0.25) is 0 Å². The Morgan fingerprint density at radius 1 is 1.29 bits per heavy atom. The molecule has 1 rings (SSSR count). The van der Waals surface area contributed by atoms with Gasteiger partial charge < -0.3 is 10.6 Å². The SMILES string of the molecule is CNC(C)CNS(=O)(=O)c1ccc(CCNC(=O)C(C)(C)C)s1.Cl. The first kappa shape index (κ1) is 23.3. The Labute approximate surface area is 155 Å². The maximum absolute atomic E-state index is 12.2. The van der Waals surface area contributed by atoms with Crippen molar-refractivity contribution in [3.8, 4) is 0 Å². The molecule has 1 heterocycles. The molecule has 0 radical (unpaired) electrons. The lowest BCUT2D eigenvalue weighted by atomic mass is 9.96. The van der Waals surface area contributed by atoms with Gasteiger partial charge in [-0.2, -0.15) is 0 Å². The zero-order chi connectivity index (χ0) is 17.7. The predicted octanol–water partition coefficient (Wildman–Crippen LogP) is 1.76. The first-order valence-corrected chi connectivity index (χ1v) is 9.90. The van der Waals surface area contributed by atoms with Gasteiger partial charge in [0.25, 0.3) is 0 Å². The highest BCUT2D eigenvalue weighted by molar-refractivity contribution is 7.91. The molecule has 0 aliphatic heterocycles. The van der Waals surface area contributed by atoms with Crippen LogP contribution in [0.3, 0.4) is 0 Å². The number of thiophene rings is 1. The molecule has 1 atom stereocenters. The molecule has 9 heteroatoms. The van der Waals surface area contributed by atoms with E-state index in [1.165, 1.54) is 11.3 Å². The molecule has 0 saturated heterocycles. The summed E-state index contributed by atoms with van der Waals surface area (Å²) in [5, 5.41) is 5.84. The standard InChI is InChI=1S/C15H27N3O3S2.ClH/c1-11(16-5)10-18-23(20,21)13-7-6-12(22-13)8-9-17-14(19)15(2,3)4;/h6-7,11,16,18H,8-10H2,1-5H3,(H,17,19);1H. The van der Waals surface area contributed by atoms with Crippen LogP contribution in [0.1, 0.15) is 32.6 Å². The number of hydrogen-bond acceptors (Lipinski definition) is 5. The van der Waals surface area contributed by atoms with Crippen LogP contribution in [-0.2, 0) is 21.2 Å². The third-order valence-electron chi connectivity index (χ3n) is 3.31. The second-order valence-corrected chi connectivity index (χ2v) is 9.68. The number of sulfonamides is 1. The van der Waals surface area contributed by atoms with Gasteiger partial charge in [-0.15, -0.1) is 23.7 Å². The Morgan fingerprint density at radius 2 is 1.92 bits per heavy atom. The van der Waals surface area contributed by atoms with Gasteiger partial charge >= 0.3 is 0 Å². The van der Waals surface area contributed by atoms with Gasteiger partial charge in [-0.05, 0) is 32.5 Å². The summed E-state index contributed by atoms with van der Waals surface area (Å²) in [5.41, 5.74) is -0.419. The molecule has 3 N–H and O–H groups in total. The zero-order valence-corrected chi connectivity index (χ0v) is 17.3. The van der Waals surface area contributed by atoms with Crippen molar-refractivity contribution in [2.45, 2.75) is 44.4 Å². The average Bonchev–Trinajstić information content (AvgIpc) is 2.93. The minimum atomic E-state index is -3.47. The van der Waals surface area contributed by atoms with E-state index in [2.05, 4.69) is 15.4 Å². The van der Waals surface area contributed by atoms with Crippen LogP contribution in [0.4, 0.5) is 0 Å². The third-order valence-corrected chi connectivity index (χ3v) is 6.37. The topological polar surface area (TPSA) is 87.3 Å². The largest absolute Gasteiger partial charge is 0.355 e. The van der Waals surface area contributed by atoms with Crippen LogP contribution >= 0.6 is 23.7 Å². The van der Waals surface area contributed by atoms with E-state index >= 15 is 0 Å². The second kappa shape index (κ2) is 9.72. The van der Waals surface area contributed by atoms with E-state index in [4.69, 9.17) is 0 Å². The van der Waals surface area contributed by atoms with Crippen LogP contribution in [0, 0.1) is 5.41 Å². The summed E-state index contributed by atoms with van der Waals surface area (Å²) >= 11 is 1.24. The summed E-state index contributed by atoms with van der Waals surface area (Å²) in [6, 6.07) is 3.47. The molecule has 1 aromatic heterocycles. The molecular weight excluding hydrogens is 370 g/mol. The Bertz CT molecular complexity index is 624. The van der Waals surface area contributed by atoms with Crippen LogP contribution in [0.25, 0.3) is 0 Å². The van der Waals surface area contributed by atoms with E-state index < -0.39 is 15.4 Å². The van der Waals surface area contributed by atoms with Gasteiger partial charge in [-0.1, -0.05) is 20.8 Å². The van der Waals surface area contributed by atoms with Gasteiger partial charge in [0.05, 0.1) is 0 Å². The molecule has 140 valence electrons. The third kappa shape index (κ3) is 7.48. The minimum absolute atomic E-state index is 0. The molecule has 0 aliphatic rings. The molecular formula is C15H28ClN3O3S2. The van der Waals surface area contributed by atoms with Gasteiger partial charge in [0.15, 0.2) is 0 Å². The molecule has 0 spiro atoms. The second-order valence-electron chi connectivity index (χ2n) is 6.52. The summed E-state index contributed by atoms with van der Waals surface area (Å²) in [6.07, 6.45) is 0.620. The van der Waals surface area contributed by atoms with Crippen LogP contribution in [0.15, 0.2) is 16.3 Å². The zero-order valence-electron chi connectivity index (χ0n) is 14.8. The van der Waals surface area contributed by atoms with Crippen molar-refractivity contribution >= 4 is 39.7 Å². The Kier molecular flexibility index (Phi) is 9.45. The summed E-state index contributed by atoms with van der Waals surface area (Å²) in [6.45, 7) is 8.32. The maximum Gasteiger partial charge on any atom is 0.250 e. The summed E-state index contributed by atoms with van der Waals surface area (Å²) in [5.74, 6) is -0.00961. The van der Waals surface area contributed by atoms with E-state index in [1.54, 1.807) is 19.2 Å². The van der Waals surface area contributed by atoms with Crippen molar-refractivity contribution < 1.29 is 13.2 Å². The van der Waals surface area contributed by atoms with E-state index in [0.717, 1.165) is 4.88 Å².